The number of nitrogens with zero attached hydrogens (tertiary/aromatic N) is 4. The fraction of sp³-hybridized carbons (Fsp3) is 0. The Bertz CT molecular complexity index is 3490. The lowest BCUT2D eigenvalue weighted by atomic mass is 9.98. The topological polar surface area (TPSA) is 43.6 Å². The summed E-state index contributed by atoms with van der Waals surface area (Å²) in [5, 5.41) is 4.72. The van der Waals surface area contributed by atoms with Crippen molar-refractivity contribution in [3.05, 3.63) is 219 Å². The van der Waals surface area contributed by atoms with Crippen molar-refractivity contribution >= 4 is 53.3 Å². The fourth-order valence-electron chi connectivity index (χ4n) is 8.93. The van der Waals surface area contributed by atoms with E-state index in [1.54, 1.807) is 11.3 Å². The number of hydrogen-bond acceptors (Lipinski definition) is 4. The van der Waals surface area contributed by atoms with Crippen LogP contribution in [0.5, 0.6) is 0 Å². The van der Waals surface area contributed by atoms with Crippen LogP contribution in [0.2, 0.25) is 0 Å². The summed E-state index contributed by atoms with van der Waals surface area (Å²) in [6, 6.07) is 73.6. The Kier molecular flexibility index (Phi) is 8.65. The molecular weight excluding hydrogens is 773 g/mol. The van der Waals surface area contributed by atoms with Gasteiger partial charge in [-0.25, -0.2) is 9.97 Å². The summed E-state index contributed by atoms with van der Waals surface area (Å²) in [5.41, 5.74) is 15.3. The number of pyridine rings is 1. The second-order valence-electron chi connectivity index (χ2n) is 15.7. The SMILES string of the molecule is c1ccc(-c2cc(-c3ccccc3)cc(-n3c4ccccc4c4cc(-c5ccc6sc7cncc(-c8nc(-c9ccccc9)cc(-c9ccccc9)n8)c7c6c5)ccc43)c2)cc1. The third-order valence-electron chi connectivity index (χ3n) is 11.9. The molecular formula is C57H36N4S. The van der Waals surface area contributed by atoms with E-state index in [9.17, 15) is 0 Å². The predicted octanol–water partition coefficient (Wildman–Crippen LogP) is 15.3. The van der Waals surface area contributed by atoms with Crippen LogP contribution >= 0.6 is 11.3 Å². The highest BCUT2D eigenvalue weighted by molar-refractivity contribution is 7.25. The smallest absolute Gasteiger partial charge is 0.162 e. The van der Waals surface area contributed by atoms with Crippen molar-refractivity contribution in [1.82, 2.24) is 19.5 Å². The van der Waals surface area contributed by atoms with Gasteiger partial charge in [0.25, 0.3) is 0 Å². The molecule has 12 rings (SSSR count). The molecule has 4 aromatic heterocycles. The summed E-state index contributed by atoms with van der Waals surface area (Å²) in [5.74, 6) is 0.661. The molecule has 5 heteroatoms. The van der Waals surface area contributed by atoms with E-state index >= 15 is 0 Å². The highest BCUT2D eigenvalue weighted by Crippen LogP contribution is 2.43. The van der Waals surface area contributed by atoms with Crippen molar-refractivity contribution < 1.29 is 0 Å². The van der Waals surface area contributed by atoms with Gasteiger partial charge in [-0.2, -0.15) is 0 Å². The molecule has 62 heavy (non-hydrogen) atoms. The van der Waals surface area contributed by atoms with Crippen LogP contribution in [0.15, 0.2) is 219 Å². The number of benzene rings is 8. The maximum absolute atomic E-state index is 5.20. The predicted molar refractivity (Wildman–Crippen MR) is 260 cm³/mol. The molecule has 8 aromatic carbocycles. The Morgan fingerprint density at radius 2 is 0.887 bits per heavy atom. The van der Waals surface area contributed by atoms with Crippen LogP contribution < -0.4 is 0 Å². The number of hydrogen-bond donors (Lipinski definition) is 0. The molecule has 0 aliphatic carbocycles. The first-order valence-electron chi connectivity index (χ1n) is 20.8. The number of rotatable bonds is 7. The van der Waals surface area contributed by atoms with E-state index in [1.807, 2.05) is 24.5 Å². The van der Waals surface area contributed by atoms with E-state index in [0.717, 1.165) is 55.0 Å². The molecule has 0 unspecified atom stereocenters. The Hall–Kier alpha value is -7.99. The summed E-state index contributed by atoms with van der Waals surface area (Å²) in [7, 11) is 0. The third kappa shape index (κ3) is 6.26. The molecule has 0 spiro atoms. The monoisotopic (exact) mass is 808 g/mol. The van der Waals surface area contributed by atoms with Crippen molar-refractivity contribution in [2.24, 2.45) is 0 Å². The molecule has 0 bridgehead atoms. The minimum Gasteiger partial charge on any atom is -0.309 e. The first-order chi connectivity index (χ1) is 30.7. The van der Waals surface area contributed by atoms with Gasteiger partial charge in [-0.15, -0.1) is 11.3 Å². The minimum absolute atomic E-state index is 0.661. The van der Waals surface area contributed by atoms with Crippen molar-refractivity contribution in [3.8, 4) is 73.0 Å². The zero-order chi connectivity index (χ0) is 41.0. The molecule has 4 heterocycles. The van der Waals surface area contributed by atoms with Gasteiger partial charge in [0, 0.05) is 61.0 Å². The second-order valence-corrected chi connectivity index (χ2v) is 16.7. The molecule has 0 aliphatic rings. The Morgan fingerprint density at radius 1 is 0.355 bits per heavy atom. The van der Waals surface area contributed by atoms with Crippen molar-refractivity contribution in [1.29, 1.82) is 0 Å². The van der Waals surface area contributed by atoms with Crippen LogP contribution in [-0.2, 0) is 0 Å². The standard InChI is InChI=1S/C57H36N4S/c1-5-15-37(16-6-1)43-29-44(38-17-7-2-8-18-38)31-45(30-43)61-52-24-14-13-23-46(52)47-32-41(25-27-53(47)61)42-26-28-54-48(33-42)56-49(35-58-36-55(56)62-54)57-59-50(39-19-9-3-10-20-39)34-51(60-57)40-21-11-4-12-22-40/h1-36H. The van der Waals surface area contributed by atoms with Gasteiger partial charge in [-0.3, -0.25) is 4.98 Å². The highest BCUT2D eigenvalue weighted by Gasteiger charge is 2.19. The van der Waals surface area contributed by atoms with Crippen molar-refractivity contribution in [3.63, 3.8) is 0 Å². The van der Waals surface area contributed by atoms with E-state index in [2.05, 4.69) is 199 Å². The molecule has 0 amide bonds. The molecule has 0 saturated heterocycles. The maximum Gasteiger partial charge on any atom is 0.162 e. The first kappa shape index (κ1) is 35.9. The minimum atomic E-state index is 0.661. The molecule has 0 fully saturated rings. The third-order valence-corrected chi connectivity index (χ3v) is 13.0. The quantitative estimate of drug-likeness (QED) is 0.161. The van der Waals surface area contributed by atoms with Gasteiger partial charge < -0.3 is 4.57 Å². The summed E-state index contributed by atoms with van der Waals surface area (Å²) < 4.78 is 4.73. The fourth-order valence-corrected chi connectivity index (χ4v) is 10.0. The van der Waals surface area contributed by atoms with Gasteiger partial charge >= 0.3 is 0 Å². The van der Waals surface area contributed by atoms with E-state index in [-0.39, 0.29) is 0 Å². The lowest BCUT2D eigenvalue weighted by Crippen LogP contribution is -1.96. The van der Waals surface area contributed by atoms with Crippen LogP contribution in [0.1, 0.15) is 0 Å². The highest BCUT2D eigenvalue weighted by atomic mass is 32.1. The van der Waals surface area contributed by atoms with Gasteiger partial charge in [0.2, 0.25) is 0 Å². The Morgan fingerprint density at radius 3 is 1.52 bits per heavy atom. The zero-order valence-electron chi connectivity index (χ0n) is 33.5. The summed E-state index contributed by atoms with van der Waals surface area (Å²) in [4.78, 5) is 15.1. The van der Waals surface area contributed by atoms with Crippen LogP contribution in [0.4, 0.5) is 0 Å². The molecule has 290 valence electrons. The van der Waals surface area contributed by atoms with Gasteiger partial charge in [-0.1, -0.05) is 152 Å². The molecule has 4 nitrogen and oxygen atoms in total. The summed E-state index contributed by atoms with van der Waals surface area (Å²) in [6.45, 7) is 0. The van der Waals surface area contributed by atoms with Gasteiger partial charge in [0.15, 0.2) is 5.82 Å². The molecule has 0 aliphatic heterocycles. The van der Waals surface area contributed by atoms with E-state index < -0.39 is 0 Å². The Balaban J connectivity index is 1.02. The average molecular weight is 809 g/mol. The number of aromatic nitrogens is 4. The molecule has 0 N–H and O–H groups in total. The lowest BCUT2D eigenvalue weighted by molar-refractivity contribution is 1.18. The van der Waals surface area contributed by atoms with E-state index in [0.29, 0.717) is 5.82 Å². The van der Waals surface area contributed by atoms with Crippen LogP contribution in [0.3, 0.4) is 0 Å². The lowest BCUT2D eigenvalue weighted by Gasteiger charge is -2.14. The van der Waals surface area contributed by atoms with Gasteiger partial charge in [-0.05, 0) is 88.0 Å². The second kappa shape index (κ2) is 14.9. The summed E-state index contributed by atoms with van der Waals surface area (Å²) >= 11 is 1.76. The maximum atomic E-state index is 5.20. The molecule has 0 saturated carbocycles. The summed E-state index contributed by atoms with van der Waals surface area (Å²) in [6.07, 6.45) is 3.90. The number of thiophene rings is 1. The van der Waals surface area contributed by atoms with Crippen molar-refractivity contribution in [2.75, 3.05) is 0 Å². The molecule has 0 atom stereocenters. The largest absolute Gasteiger partial charge is 0.309 e. The van der Waals surface area contributed by atoms with Crippen LogP contribution in [0.25, 0.3) is 115 Å². The van der Waals surface area contributed by atoms with Crippen LogP contribution in [-0.4, -0.2) is 19.5 Å². The van der Waals surface area contributed by atoms with Gasteiger partial charge in [0.1, 0.15) is 0 Å². The average Bonchev–Trinajstić information content (AvgIpc) is 3.90. The van der Waals surface area contributed by atoms with E-state index in [4.69, 9.17) is 15.0 Å². The zero-order valence-corrected chi connectivity index (χ0v) is 34.3. The molecule has 0 radical (unpaired) electrons. The van der Waals surface area contributed by atoms with E-state index in [1.165, 1.54) is 54.1 Å². The Labute approximate surface area is 362 Å². The normalized spacial score (nSPS) is 11.5. The van der Waals surface area contributed by atoms with Crippen LogP contribution in [0, 0.1) is 0 Å². The first-order valence-corrected chi connectivity index (χ1v) is 21.6. The van der Waals surface area contributed by atoms with Crippen molar-refractivity contribution in [2.45, 2.75) is 0 Å². The number of para-hydroxylation sites is 1. The van der Waals surface area contributed by atoms with Gasteiger partial charge in [0.05, 0.1) is 27.1 Å². The number of fused-ring (bicyclic) bond motifs is 6. The molecule has 12 aromatic rings.